The molecule has 0 radical (unpaired) electrons. The molecule has 1 heterocycles. The number of halogens is 2. The fourth-order valence-electron chi connectivity index (χ4n) is 3.52. The lowest BCUT2D eigenvalue weighted by Gasteiger charge is -2.25. The summed E-state index contributed by atoms with van der Waals surface area (Å²) in [4.78, 5) is 20.2. The first-order chi connectivity index (χ1) is 15.0. The number of hydrogen-bond acceptors (Lipinski definition) is 3. The molecule has 0 N–H and O–H groups in total. The molecule has 0 unspecified atom stereocenters. The van der Waals surface area contributed by atoms with Crippen LogP contribution in [0.25, 0.3) is 0 Å². The maximum absolute atomic E-state index is 14.3. The van der Waals surface area contributed by atoms with E-state index in [9.17, 15) is 13.6 Å². The van der Waals surface area contributed by atoms with Crippen LogP contribution in [0.2, 0.25) is 0 Å². The zero-order chi connectivity index (χ0) is 21.8. The highest BCUT2D eigenvalue weighted by Crippen LogP contribution is 2.21. The molecular formula is C25H22F2N2O2. The van der Waals surface area contributed by atoms with Gasteiger partial charge in [0, 0.05) is 13.0 Å². The number of oxime groups is 1. The van der Waals surface area contributed by atoms with Crippen LogP contribution in [0.15, 0.2) is 78.0 Å². The van der Waals surface area contributed by atoms with E-state index < -0.39 is 11.7 Å². The van der Waals surface area contributed by atoms with Gasteiger partial charge in [-0.05, 0) is 42.3 Å². The first-order valence-corrected chi connectivity index (χ1v) is 10.1. The maximum atomic E-state index is 14.3. The van der Waals surface area contributed by atoms with Gasteiger partial charge in [-0.15, -0.1) is 0 Å². The molecule has 0 bridgehead atoms. The quantitative estimate of drug-likeness (QED) is 0.556. The van der Waals surface area contributed by atoms with Crippen LogP contribution in [0, 0.1) is 18.6 Å². The molecule has 31 heavy (non-hydrogen) atoms. The normalized spacial score (nSPS) is 15.3. The minimum absolute atomic E-state index is 0.0118. The van der Waals surface area contributed by atoms with Crippen LogP contribution in [0.4, 0.5) is 8.78 Å². The summed E-state index contributed by atoms with van der Waals surface area (Å²) in [6.45, 7) is 2.44. The van der Waals surface area contributed by atoms with Crippen LogP contribution in [-0.2, 0) is 11.4 Å². The molecular weight excluding hydrogens is 398 g/mol. The van der Waals surface area contributed by atoms with E-state index in [1.165, 1.54) is 35.2 Å². The Morgan fingerprint density at radius 1 is 1.03 bits per heavy atom. The van der Waals surface area contributed by atoms with Crippen LogP contribution in [-0.4, -0.2) is 29.2 Å². The van der Waals surface area contributed by atoms with Crippen molar-refractivity contribution in [1.29, 1.82) is 0 Å². The average Bonchev–Trinajstić information content (AvgIpc) is 3.24. The summed E-state index contributed by atoms with van der Waals surface area (Å²) in [6.07, 6.45) is 0.181. The molecule has 1 atom stereocenters. The third-order valence-corrected chi connectivity index (χ3v) is 5.22. The van der Waals surface area contributed by atoms with Gasteiger partial charge < -0.3 is 9.74 Å². The molecule has 0 fully saturated rings. The van der Waals surface area contributed by atoms with Crippen LogP contribution < -0.4 is 0 Å². The minimum atomic E-state index is -0.583. The molecule has 1 aliphatic heterocycles. The fourth-order valence-corrected chi connectivity index (χ4v) is 3.52. The third-order valence-electron chi connectivity index (χ3n) is 5.22. The molecule has 0 spiro atoms. The standard InChI is InChI=1S/C25H22F2N2O2/c1-17-6-10-19(11-7-17)24-14-21(31-28-24)16-29(15-18-8-12-20(26)13-9-18)25(30)22-4-2-3-5-23(22)27/h2-13,21H,14-16H2,1H3/t21-/m1/s1. The van der Waals surface area contributed by atoms with Crippen molar-refractivity contribution in [1.82, 2.24) is 4.90 Å². The highest BCUT2D eigenvalue weighted by atomic mass is 19.1. The number of carbonyl (C=O) groups excluding carboxylic acids is 1. The van der Waals surface area contributed by atoms with Crippen molar-refractivity contribution in [3.05, 3.63) is 107 Å². The summed E-state index contributed by atoms with van der Waals surface area (Å²) in [6, 6.07) is 19.8. The van der Waals surface area contributed by atoms with Gasteiger partial charge in [0.25, 0.3) is 5.91 Å². The number of nitrogens with zero attached hydrogens (tertiary/aromatic N) is 2. The van der Waals surface area contributed by atoms with Gasteiger partial charge in [-0.25, -0.2) is 8.78 Å². The lowest BCUT2D eigenvalue weighted by Crippen LogP contribution is -2.37. The molecule has 4 nitrogen and oxygen atoms in total. The van der Waals surface area contributed by atoms with Crippen LogP contribution in [0.3, 0.4) is 0 Å². The summed E-state index contributed by atoms with van der Waals surface area (Å²) in [7, 11) is 0. The van der Waals surface area contributed by atoms with Gasteiger partial charge in [-0.1, -0.05) is 59.3 Å². The Morgan fingerprint density at radius 3 is 2.45 bits per heavy atom. The zero-order valence-corrected chi connectivity index (χ0v) is 17.1. The predicted molar refractivity (Wildman–Crippen MR) is 115 cm³/mol. The monoisotopic (exact) mass is 420 g/mol. The average molecular weight is 420 g/mol. The molecule has 3 aromatic rings. The number of amides is 1. The summed E-state index contributed by atoms with van der Waals surface area (Å²) in [5.74, 6) is -1.39. The molecule has 158 valence electrons. The smallest absolute Gasteiger partial charge is 0.257 e. The SMILES string of the molecule is Cc1ccc(C2=NO[C@@H](CN(Cc3ccc(F)cc3)C(=O)c3ccccc3F)C2)cc1. The molecule has 6 heteroatoms. The zero-order valence-electron chi connectivity index (χ0n) is 17.1. The van der Waals surface area contributed by atoms with Crippen molar-refractivity contribution in [2.75, 3.05) is 6.54 Å². The fraction of sp³-hybridized carbons (Fsp3) is 0.200. The topological polar surface area (TPSA) is 41.9 Å². The maximum Gasteiger partial charge on any atom is 0.257 e. The Balaban J connectivity index is 1.52. The Bertz CT molecular complexity index is 1100. The van der Waals surface area contributed by atoms with E-state index >= 15 is 0 Å². The lowest BCUT2D eigenvalue weighted by molar-refractivity contribution is 0.0402. The van der Waals surface area contributed by atoms with Crippen LogP contribution >= 0.6 is 0 Å². The molecule has 0 saturated heterocycles. The predicted octanol–water partition coefficient (Wildman–Crippen LogP) is 5.11. The van der Waals surface area contributed by atoms with Gasteiger partial charge in [0.1, 0.15) is 11.6 Å². The lowest BCUT2D eigenvalue weighted by atomic mass is 10.0. The van der Waals surface area contributed by atoms with Gasteiger partial charge in [-0.3, -0.25) is 4.79 Å². The van der Waals surface area contributed by atoms with Crippen LogP contribution in [0.5, 0.6) is 0 Å². The Hall–Kier alpha value is -3.54. The van der Waals surface area contributed by atoms with Gasteiger partial charge in [0.15, 0.2) is 6.10 Å². The summed E-state index contributed by atoms with van der Waals surface area (Å²) < 4.78 is 27.6. The van der Waals surface area contributed by atoms with Gasteiger partial charge >= 0.3 is 0 Å². The second-order valence-corrected chi connectivity index (χ2v) is 7.63. The number of carbonyl (C=O) groups is 1. The van der Waals surface area contributed by atoms with Crippen LogP contribution in [0.1, 0.15) is 33.5 Å². The van der Waals surface area contributed by atoms with E-state index in [1.54, 1.807) is 18.2 Å². The number of rotatable bonds is 6. The van der Waals surface area contributed by atoms with Crippen molar-refractivity contribution >= 4 is 11.6 Å². The molecule has 3 aromatic carbocycles. The van der Waals surface area contributed by atoms with Gasteiger partial charge in [0.05, 0.1) is 17.8 Å². The highest BCUT2D eigenvalue weighted by molar-refractivity contribution is 6.01. The Morgan fingerprint density at radius 2 is 1.74 bits per heavy atom. The molecule has 0 aromatic heterocycles. The van der Waals surface area contributed by atoms with E-state index in [0.29, 0.717) is 6.42 Å². The Labute approximate surface area is 179 Å². The number of hydrogen-bond donors (Lipinski definition) is 0. The molecule has 4 rings (SSSR count). The summed E-state index contributed by atoms with van der Waals surface area (Å²) >= 11 is 0. The molecule has 0 aliphatic carbocycles. The van der Waals surface area contributed by atoms with E-state index in [1.807, 2.05) is 31.2 Å². The third kappa shape index (κ3) is 4.97. The second kappa shape index (κ2) is 9.08. The van der Waals surface area contributed by atoms with Crippen molar-refractivity contribution in [2.24, 2.45) is 5.16 Å². The van der Waals surface area contributed by atoms with E-state index in [0.717, 1.165) is 22.4 Å². The number of benzene rings is 3. The molecule has 1 aliphatic rings. The van der Waals surface area contributed by atoms with Gasteiger partial charge in [-0.2, -0.15) is 0 Å². The van der Waals surface area contributed by atoms with Gasteiger partial charge in [0.2, 0.25) is 0 Å². The van der Waals surface area contributed by atoms with E-state index in [-0.39, 0.29) is 30.6 Å². The van der Waals surface area contributed by atoms with Crippen molar-refractivity contribution in [3.8, 4) is 0 Å². The first kappa shape index (κ1) is 20.7. The highest BCUT2D eigenvalue weighted by Gasteiger charge is 2.28. The second-order valence-electron chi connectivity index (χ2n) is 7.63. The summed E-state index contributed by atoms with van der Waals surface area (Å²) in [5.41, 5.74) is 3.66. The first-order valence-electron chi connectivity index (χ1n) is 10.1. The van der Waals surface area contributed by atoms with Crippen molar-refractivity contribution in [3.63, 3.8) is 0 Å². The van der Waals surface area contributed by atoms with E-state index in [4.69, 9.17) is 4.84 Å². The molecule has 1 amide bonds. The van der Waals surface area contributed by atoms with Crippen molar-refractivity contribution in [2.45, 2.75) is 26.0 Å². The molecule has 0 saturated carbocycles. The Kier molecular flexibility index (Phi) is 6.07. The van der Waals surface area contributed by atoms with E-state index in [2.05, 4.69) is 5.16 Å². The minimum Gasteiger partial charge on any atom is -0.390 e. The van der Waals surface area contributed by atoms with Crippen molar-refractivity contribution < 1.29 is 18.4 Å². The summed E-state index contributed by atoms with van der Waals surface area (Å²) in [5, 5.41) is 4.19. The number of aryl methyl sites for hydroxylation is 1. The largest absolute Gasteiger partial charge is 0.390 e.